The van der Waals surface area contributed by atoms with E-state index in [1.165, 1.54) is 0 Å². The summed E-state index contributed by atoms with van der Waals surface area (Å²) in [5.41, 5.74) is 0. The molecule has 0 fully saturated rings. The summed E-state index contributed by atoms with van der Waals surface area (Å²) >= 11 is -10.6. The molecule has 0 spiro atoms. The van der Waals surface area contributed by atoms with Gasteiger partial charge in [0.2, 0.25) is 0 Å². The van der Waals surface area contributed by atoms with Crippen LogP contribution in [0.2, 0.25) is 0 Å². The van der Waals surface area contributed by atoms with Crippen LogP contribution in [0.1, 0.15) is 0 Å². The first kappa shape index (κ1) is 17.3. The predicted molar refractivity (Wildman–Crippen MR) is 87.1 cm³/mol. The van der Waals surface area contributed by atoms with E-state index in [9.17, 15) is 10.4 Å². The standard InChI is InChI=1S/3C6H5.4O.Re.Sn/c3*1-2-4-6-5-3-1;;;;;;/h3*1-5H;;;;;;. The molecule has 3 aromatic rings. The first-order chi connectivity index (χ1) is 11.5. The van der Waals surface area contributed by atoms with Gasteiger partial charge in [-0.1, -0.05) is 0 Å². The zero-order valence-electron chi connectivity index (χ0n) is 12.7. The third kappa shape index (κ3) is 3.60. The molecule has 0 unspecified atom stereocenters. The van der Waals surface area contributed by atoms with Gasteiger partial charge in [0.25, 0.3) is 0 Å². The summed E-state index contributed by atoms with van der Waals surface area (Å²) in [4.78, 5) is 0. The van der Waals surface area contributed by atoms with E-state index >= 15 is 0 Å². The van der Waals surface area contributed by atoms with Crippen LogP contribution in [-0.4, -0.2) is 18.8 Å². The minimum atomic E-state index is -6.19. The van der Waals surface area contributed by atoms with Gasteiger partial charge >= 0.3 is 149 Å². The molecule has 0 radical (unpaired) electrons. The summed E-state index contributed by atoms with van der Waals surface area (Å²) in [6.07, 6.45) is 0. The fraction of sp³-hybridized carbons (Fsp3) is 0. The maximum absolute atomic E-state index is 11.8. The van der Waals surface area contributed by atoms with Crippen LogP contribution >= 0.6 is 0 Å². The summed E-state index contributed by atoms with van der Waals surface area (Å²) in [5, 5.41) is 0. The van der Waals surface area contributed by atoms with Crippen LogP contribution in [0.5, 0.6) is 0 Å². The van der Waals surface area contributed by atoms with E-state index in [0.29, 0.717) is 0 Å². The van der Waals surface area contributed by atoms with E-state index in [0.717, 1.165) is 10.7 Å². The molecule has 0 aliphatic carbocycles. The molecule has 0 atom stereocenters. The van der Waals surface area contributed by atoms with Crippen molar-refractivity contribution in [3.05, 3.63) is 91.0 Å². The molecular formula is C18H15O4ReSn. The van der Waals surface area contributed by atoms with Gasteiger partial charge in [-0.2, -0.15) is 0 Å². The maximum atomic E-state index is 11.8. The Morgan fingerprint density at radius 2 is 0.833 bits per heavy atom. The molecular weight excluding hydrogens is 585 g/mol. The van der Waals surface area contributed by atoms with Crippen LogP contribution < -0.4 is 10.7 Å². The molecule has 0 saturated carbocycles. The van der Waals surface area contributed by atoms with E-state index in [1.807, 2.05) is 91.0 Å². The molecule has 0 saturated heterocycles. The normalized spacial score (nSPS) is 12.0. The zero-order valence-corrected chi connectivity index (χ0v) is 18.2. The van der Waals surface area contributed by atoms with Gasteiger partial charge in [0.15, 0.2) is 0 Å². The summed E-state index contributed by atoms with van der Waals surface area (Å²) in [5.74, 6) is 0. The van der Waals surface area contributed by atoms with Crippen molar-refractivity contribution in [3.63, 3.8) is 0 Å². The second kappa shape index (κ2) is 7.16. The fourth-order valence-corrected chi connectivity index (χ4v) is 26.2. The van der Waals surface area contributed by atoms with Gasteiger partial charge in [-0.05, 0) is 0 Å². The van der Waals surface area contributed by atoms with Crippen LogP contribution in [0.15, 0.2) is 91.0 Å². The first-order valence-electron chi connectivity index (χ1n) is 7.30. The Morgan fingerprint density at radius 1 is 0.542 bits per heavy atom. The number of hydrogen-bond acceptors (Lipinski definition) is 4. The first-order valence-corrected chi connectivity index (χ1v) is 17.2. The Hall–Kier alpha value is -1.52. The zero-order chi connectivity index (χ0) is 17.0. The van der Waals surface area contributed by atoms with Crippen molar-refractivity contribution in [1.29, 1.82) is 0 Å². The monoisotopic (exact) mass is 602 g/mol. The molecule has 0 aromatic heterocycles. The van der Waals surface area contributed by atoms with E-state index < -0.39 is 34.6 Å². The second-order valence-electron chi connectivity index (χ2n) is 5.23. The van der Waals surface area contributed by atoms with Crippen molar-refractivity contribution < 1.29 is 28.0 Å². The summed E-state index contributed by atoms with van der Waals surface area (Å²) in [6.45, 7) is 0. The molecule has 6 heteroatoms. The molecule has 3 aromatic carbocycles. The van der Waals surface area contributed by atoms with Crippen molar-refractivity contribution in [2.24, 2.45) is 0 Å². The van der Waals surface area contributed by atoms with Gasteiger partial charge in [0.05, 0.1) is 0 Å². The van der Waals surface area contributed by atoms with Crippen molar-refractivity contribution in [2.75, 3.05) is 0 Å². The number of benzene rings is 3. The van der Waals surface area contributed by atoms with Gasteiger partial charge in [0.1, 0.15) is 0 Å². The summed E-state index contributed by atoms with van der Waals surface area (Å²) in [7, 11) is 0. The molecule has 0 amide bonds. The van der Waals surface area contributed by atoms with Gasteiger partial charge in [-0.15, -0.1) is 0 Å². The van der Waals surface area contributed by atoms with E-state index in [4.69, 9.17) is 1.80 Å². The van der Waals surface area contributed by atoms with Crippen LogP contribution in [0.25, 0.3) is 0 Å². The van der Waals surface area contributed by atoms with Crippen molar-refractivity contribution in [3.8, 4) is 0 Å². The van der Waals surface area contributed by atoms with Crippen molar-refractivity contribution in [1.82, 2.24) is 0 Å². The van der Waals surface area contributed by atoms with Crippen LogP contribution in [0.4, 0.5) is 0 Å². The van der Waals surface area contributed by atoms with Crippen LogP contribution in [0.3, 0.4) is 0 Å². The Balaban J connectivity index is 2.39. The molecule has 0 N–H and O–H groups in total. The molecule has 122 valence electrons. The van der Waals surface area contributed by atoms with E-state index in [1.54, 1.807) is 0 Å². The van der Waals surface area contributed by atoms with Crippen molar-refractivity contribution in [2.45, 2.75) is 0 Å². The van der Waals surface area contributed by atoms with Crippen LogP contribution in [-0.2, 0) is 28.0 Å². The molecule has 0 aliphatic heterocycles. The molecule has 0 bridgehead atoms. The van der Waals surface area contributed by atoms with Gasteiger partial charge in [0, 0.05) is 0 Å². The average Bonchev–Trinajstić information content (AvgIpc) is 2.61. The topological polar surface area (TPSA) is 60.4 Å². The quantitative estimate of drug-likeness (QED) is 0.420. The number of rotatable bonds is 5. The molecule has 3 rings (SSSR count). The number of hydrogen-bond donors (Lipinski definition) is 0. The molecule has 0 heterocycles. The van der Waals surface area contributed by atoms with Gasteiger partial charge < -0.3 is 0 Å². The summed E-state index contributed by atoms with van der Waals surface area (Å²) < 4.78 is 43.2. The Labute approximate surface area is 147 Å². The van der Waals surface area contributed by atoms with Crippen molar-refractivity contribution >= 4 is 29.5 Å². The van der Waals surface area contributed by atoms with Gasteiger partial charge in [-0.25, -0.2) is 0 Å². The third-order valence-corrected chi connectivity index (χ3v) is 24.9. The van der Waals surface area contributed by atoms with E-state index in [2.05, 4.69) is 0 Å². The van der Waals surface area contributed by atoms with Crippen LogP contribution in [0, 0.1) is 0 Å². The Bertz CT molecular complexity index is 857. The molecule has 24 heavy (non-hydrogen) atoms. The third-order valence-electron chi connectivity index (χ3n) is 3.75. The molecule has 0 aliphatic rings. The Morgan fingerprint density at radius 3 is 1.08 bits per heavy atom. The molecule has 4 nitrogen and oxygen atoms in total. The summed E-state index contributed by atoms with van der Waals surface area (Å²) in [6, 6.07) is 27.7. The van der Waals surface area contributed by atoms with Gasteiger partial charge in [-0.3, -0.25) is 0 Å². The fourth-order valence-electron chi connectivity index (χ4n) is 2.79. The predicted octanol–water partition coefficient (Wildman–Crippen LogP) is 1.78. The average molecular weight is 600 g/mol. The van der Waals surface area contributed by atoms with E-state index in [-0.39, 0.29) is 0 Å². The minimum absolute atomic E-state index is 0.797. The SMILES string of the molecule is [O]=[Re](=[O])(=[O])[O][Sn]([c]1ccccc1)([c]1ccccc1)[c]1ccccc1. The second-order valence-corrected chi connectivity index (χ2v) is 20.9. The Kier molecular flexibility index (Phi) is 5.16.